The lowest BCUT2D eigenvalue weighted by molar-refractivity contribution is 0.669. The lowest BCUT2D eigenvalue weighted by Gasteiger charge is -2.25. The van der Waals surface area contributed by atoms with Crippen molar-refractivity contribution in [3.05, 3.63) is 194 Å². The quantitative estimate of drug-likeness (QED) is 0.177. The summed E-state index contributed by atoms with van der Waals surface area (Å²) in [5.74, 6) is 0. The van der Waals surface area contributed by atoms with E-state index in [4.69, 9.17) is 9.40 Å². The van der Waals surface area contributed by atoms with Gasteiger partial charge in [-0.3, -0.25) is 4.98 Å². The molecule has 244 valence electrons. The Morgan fingerprint density at radius 2 is 0.923 bits per heavy atom. The van der Waals surface area contributed by atoms with E-state index in [1.807, 2.05) is 18.5 Å². The first-order valence-electron chi connectivity index (χ1n) is 17.6. The monoisotopic (exact) mass is 664 g/mol. The molecule has 0 spiro atoms. The van der Waals surface area contributed by atoms with Crippen LogP contribution in [-0.2, 0) is 0 Å². The highest BCUT2D eigenvalue weighted by Gasteiger charge is 2.20. The summed E-state index contributed by atoms with van der Waals surface area (Å²) in [5, 5.41) is 6.90. The molecule has 2 heterocycles. The van der Waals surface area contributed by atoms with Gasteiger partial charge in [0.15, 0.2) is 5.58 Å². The summed E-state index contributed by atoms with van der Waals surface area (Å²) in [6.07, 6.45) is 3.83. The summed E-state index contributed by atoms with van der Waals surface area (Å²) in [6.45, 7) is 0. The van der Waals surface area contributed by atoms with Crippen molar-refractivity contribution in [2.75, 3.05) is 4.90 Å². The first kappa shape index (κ1) is 29.9. The smallest absolute Gasteiger partial charge is 0.162 e. The standard InChI is InChI=1S/C49H32N2O/c1-2-9-33(10-3-1)35-21-25-41(26-22-35)51(47-32-50-31-46-45-29-39-12-4-5-13-40(39)30-48(45)52-49(46)47)42-27-23-36(24-28-42)34-17-19-38(20-18-34)44-16-8-14-37-11-6-7-15-43(37)44/h1-32H. The van der Waals surface area contributed by atoms with Crippen LogP contribution in [0.2, 0.25) is 0 Å². The minimum Gasteiger partial charge on any atom is -0.454 e. The zero-order chi connectivity index (χ0) is 34.4. The van der Waals surface area contributed by atoms with Crippen molar-refractivity contribution in [1.29, 1.82) is 0 Å². The Bertz CT molecular complexity index is 2870. The number of hydrogen-bond donors (Lipinski definition) is 0. The summed E-state index contributed by atoms with van der Waals surface area (Å²) >= 11 is 0. The number of fused-ring (bicyclic) bond motifs is 5. The van der Waals surface area contributed by atoms with Crippen LogP contribution in [0.15, 0.2) is 199 Å². The summed E-state index contributed by atoms with van der Waals surface area (Å²) in [6, 6.07) is 64.7. The highest BCUT2D eigenvalue weighted by atomic mass is 16.3. The van der Waals surface area contributed by atoms with Gasteiger partial charge in [0.25, 0.3) is 0 Å². The number of nitrogens with zero attached hydrogens (tertiary/aromatic N) is 2. The van der Waals surface area contributed by atoms with Crippen LogP contribution in [0.1, 0.15) is 0 Å². The lowest BCUT2D eigenvalue weighted by Crippen LogP contribution is -2.10. The van der Waals surface area contributed by atoms with Gasteiger partial charge >= 0.3 is 0 Å². The second kappa shape index (κ2) is 12.4. The predicted octanol–water partition coefficient (Wildman–Crippen LogP) is 13.8. The number of rotatable bonds is 6. The van der Waals surface area contributed by atoms with Crippen molar-refractivity contribution in [2.24, 2.45) is 0 Å². The highest BCUT2D eigenvalue weighted by Crippen LogP contribution is 2.43. The minimum atomic E-state index is 0.806. The molecule has 0 fully saturated rings. The maximum Gasteiger partial charge on any atom is 0.162 e. The zero-order valence-corrected chi connectivity index (χ0v) is 28.3. The molecule has 8 aromatic carbocycles. The predicted molar refractivity (Wildman–Crippen MR) is 218 cm³/mol. The van der Waals surface area contributed by atoms with E-state index in [1.54, 1.807) is 0 Å². The first-order chi connectivity index (χ1) is 25.8. The Labute approximate surface area is 301 Å². The number of benzene rings is 8. The first-order valence-corrected chi connectivity index (χ1v) is 17.6. The molecule has 0 aliphatic rings. The summed E-state index contributed by atoms with van der Waals surface area (Å²) in [4.78, 5) is 7.02. The molecule has 0 aliphatic carbocycles. The Balaban J connectivity index is 1.06. The molecule has 3 nitrogen and oxygen atoms in total. The molecule has 0 saturated heterocycles. The molecular weight excluding hydrogens is 633 g/mol. The lowest BCUT2D eigenvalue weighted by atomic mass is 9.96. The van der Waals surface area contributed by atoms with Gasteiger partial charge in [-0.25, -0.2) is 0 Å². The molecule has 10 rings (SSSR count). The second-order valence-corrected chi connectivity index (χ2v) is 13.2. The van der Waals surface area contributed by atoms with Crippen LogP contribution in [0.4, 0.5) is 17.1 Å². The molecular formula is C49H32N2O. The van der Waals surface area contributed by atoms with Crippen LogP contribution in [0, 0.1) is 0 Å². The van der Waals surface area contributed by atoms with Gasteiger partial charge in [0.05, 0.1) is 6.20 Å². The Morgan fingerprint density at radius 3 is 1.62 bits per heavy atom. The van der Waals surface area contributed by atoms with E-state index in [0.29, 0.717) is 0 Å². The van der Waals surface area contributed by atoms with Crippen LogP contribution in [-0.4, -0.2) is 4.98 Å². The molecule has 0 radical (unpaired) electrons. The van der Waals surface area contributed by atoms with Crippen LogP contribution < -0.4 is 4.90 Å². The van der Waals surface area contributed by atoms with Crippen LogP contribution in [0.25, 0.3) is 76.9 Å². The fourth-order valence-electron chi connectivity index (χ4n) is 7.50. The average molecular weight is 665 g/mol. The number of pyridine rings is 1. The molecule has 0 saturated carbocycles. The molecule has 10 aromatic rings. The molecule has 0 aliphatic heterocycles. The zero-order valence-electron chi connectivity index (χ0n) is 28.3. The molecule has 3 heteroatoms. The molecule has 0 N–H and O–H groups in total. The van der Waals surface area contributed by atoms with Gasteiger partial charge in [0.2, 0.25) is 0 Å². The molecule has 0 atom stereocenters. The Morgan fingerprint density at radius 1 is 0.385 bits per heavy atom. The second-order valence-electron chi connectivity index (χ2n) is 13.2. The van der Waals surface area contributed by atoms with Crippen molar-refractivity contribution in [3.8, 4) is 33.4 Å². The van der Waals surface area contributed by atoms with E-state index in [1.165, 1.54) is 44.0 Å². The fraction of sp³-hybridized carbons (Fsp3) is 0. The van der Waals surface area contributed by atoms with Gasteiger partial charge < -0.3 is 9.32 Å². The number of anilines is 3. The third-order valence-corrected chi connectivity index (χ3v) is 10.1. The normalized spacial score (nSPS) is 11.5. The molecule has 2 aromatic heterocycles. The van der Waals surface area contributed by atoms with E-state index in [2.05, 4.69) is 181 Å². The van der Waals surface area contributed by atoms with Crippen LogP contribution >= 0.6 is 0 Å². The topological polar surface area (TPSA) is 29.3 Å². The summed E-state index contributed by atoms with van der Waals surface area (Å²) < 4.78 is 6.69. The molecule has 0 unspecified atom stereocenters. The number of hydrogen-bond acceptors (Lipinski definition) is 3. The van der Waals surface area contributed by atoms with Gasteiger partial charge in [-0.1, -0.05) is 146 Å². The largest absolute Gasteiger partial charge is 0.454 e. The van der Waals surface area contributed by atoms with Gasteiger partial charge in [0.1, 0.15) is 11.3 Å². The maximum absolute atomic E-state index is 6.69. The Kier molecular flexibility index (Phi) is 7.14. The van der Waals surface area contributed by atoms with E-state index >= 15 is 0 Å². The van der Waals surface area contributed by atoms with Crippen LogP contribution in [0.5, 0.6) is 0 Å². The van der Waals surface area contributed by atoms with E-state index < -0.39 is 0 Å². The van der Waals surface area contributed by atoms with Gasteiger partial charge in [-0.05, 0) is 91.3 Å². The van der Waals surface area contributed by atoms with Gasteiger partial charge in [-0.2, -0.15) is 0 Å². The maximum atomic E-state index is 6.69. The minimum absolute atomic E-state index is 0.806. The van der Waals surface area contributed by atoms with E-state index in [-0.39, 0.29) is 0 Å². The number of aromatic nitrogens is 1. The summed E-state index contributed by atoms with van der Waals surface area (Å²) in [5.41, 5.74) is 11.7. The van der Waals surface area contributed by atoms with Gasteiger partial charge in [-0.15, -0.1) is 0 Å². The average Bonchev–Trinajstić information content (AvgIpc) is 3.59. The van der Waals surface area contributed by atoms with Crippen molar-refractivity contribution in [3.63, 3.8) is 0 Å². The number of furan rings is 1. The third kappa shape index (κ3) is 5.19. The fourth-order valence-corrected chi connectivity index (χ4v) is 7.50. The van der Waals surface area contributed by atoms with Crippen LogP contribution in [0.3, 0.4) is 0 Å². The van der Waals surface area contributed by atoms with E-state index in [9.17, 15) is 0 Å². The summed E-state index contributed by atoms with van der Waals surface area (Å²) in [7, 11) is 0. The van der Waals surface area contributed by atoms with Crippen molar-refractivity contribution < 1.29 is 4.42 Å². The third-order valence-electron chi connectivity index (χ3n) is 10.1. The van der Waals surface area contributed by atoms with E-state index in [0.717, 1.165) is 50.0 Å². The Hall–Kier alpha value is -6.97. The van der Waals surface area contributed by atoms with Crippen molar-refractivity contribution in [1.82, 2.24) is 4.98 Å². The molecule has 0 amide bonds. The van der Waals surface area contributed by atoms with Crippen molar-refractivity contribution >= 4 is 60.5 Å². The highest BCUT2D eigenvalue weighted by molar-refractivity contribution is 6.13. The molecule has 0 bridgehead atoms. The van der Waals surface area contributed by atoms with Crippen molar-refractivity contribution in [2.45, 2.75) is 0 Å². The van der Waals surface area contributed by atoms with Gasteiger partial charge in [0, 0.05) is 28.3 Å². The SMILES string of the molecule is c1ccc(-c2ccc(N(c3ccc(-c4ccc(-c5cccc6ccccc56)cc4)cc3)c3cncc4c3oc3cc5ccccc5cc34)cc2)cc1. The molecule has 52 heavy (non-hydrogen) atoms.